The molecule has 4 rings (SSSR count). The quantitative estimate of drug-likeness (QED) is 0.741. The molecule has 1 aromatic heterocycles. The molecule has 31 heavy (non-hydrogen) atoms. The van der Waals surface area contributed by atoms with Crippen molar-refractivity contribution in [3.8, 4) is 0 Å². The van der Waals surface area contributed by atoms with Crippen LogP contribution in [0.5, 0.6) is 0 Å². The molecule has 1 fully saturated rings. The Morgan fingerprint density at radius 3 is 2.68 bits per heavy atom. The van der Waals surface area contributed by atoms with Gasteiger partial charge in [0.05, 0.1) is 6.54 Å². The average molecular weight is 444 g/mol. The lowest BCUT2D eigenvalue weighted by atomic mass is 9.95. The van der Waals surface area contributed by atoms with Crippen molar-refractivity contribution in [2.24, 2.45) is 0 Å². The van der Waals surface area contributed by atoms with Gasteiger partial charge in [0.2, 0.25) is 5.91 Å². The Morgan fingerprint density at radius 2 is 1.97 bits per heavy atom. The van der Waals surface area contributed by atoms with Crippen LogP contribution in [0.2, 0.25) is 5.02 Å². The summed E-state index contributed by atoms with van der Waals surface area (Å²) in [5.74, 6) is -0.941. The van der Waals surface area contributed by atoms with Crippen molar-refractivity contribution in [1.82, 2.24) is 25.3 Å². The van der Waals surface area contributed by atoms with Crippen LogP contribution in [-0.2, 0) is 17.9 Å². The van der Waals surface area contributed by atoms with E-state index in [0.717, 1.165) is 31.2 Å². The van der Waals surface area contributed by atoms with E-state index in [9.17, 15) is 14.4 Å². The molecule has 2 heterocycles. The zero-order valence-electron chi connectivity index (χ0n) is 17.7. The normalized spacial score (nSPS) is 21.1. The molecule has 8 nitrogen and oxygen atoms in total. The molecule has 9 heteroatoms. The molecule has 0 unspecified atom stereocenters. The maximum atomic E-state index is 13.0. The van der Waals surface area contributed by atoms with Crippen molar-refractivity contribution >= 4 is 29.3 Å². The number of rotatable bonds is 5. The van der Waals surface area contributed by atoms with Gasteiger partial charge in [0.1, 0.15) is 11.2 Å². The molecule has 2 aliphatic rings. The van der Waals surface area contributed by atoms with E-state index in [1.165, 1.54) is 15.6 Å². The van der Waals surface area contributed by atoms with Crippen LogP contribution in [0, 0.1) is 0 Å². The van der Waals surface area contributed by atoms with E-state index in [0.29, 0.717) is 5.02 Å². The summed E-state index contributed by atoms with van der Waals surface area (Å²) in [6.07, 6.45) is 4.13. The van der Waals surface area contributed by atoms with Crippen molar-refractivity contribution in [1.29, 1.82) is 0 Å². The topological polar surface area (TPSA) is 96.3 Å². The van der Waals surface area contributed by atoms with E-state index in [2.05, 4.69) is 15.7 Å². The smallest absolute Gasteiger partial charge is 0.272 e. The summed E-state index contributed by atoms with van der Waals surface area (Å²) in [6, 6.07) is 8.86. The Hall–Kier alpha value is -2.87. The highest BCUT2D eigenvalue weighted by atomic mass is 35.5. The molecule has 1 aliphatic carbocycles. The Balaban J connectivity index is 1.50. The van der Waals surface area contributed by atoms with E-state index in [1.54, 1.807) is 20.0 Å². The third kappa shape index (κ3) is 4.04. The molecule has 1 aromatic carbocycles. The van der Waals surface area contributed by atoms with E-state index >= 15 is 0 Å². The van der Waals surface area contributed by atoms with Gasteiger partial charge in [0.15, 0.2) is 5.69 Å². The third-order valence-electron chi connectivity index (χ3n) is 6.31. The first-order valence-corrected chi connectivity index (χ1v) is 10.9. The molecule has 0 bridgehead atoms. The summed E-state index contributed by atoms with van der Waals surface area (Å²) in [7, 11) is 1.62. The number of carbonyl (C=O) groups is 3. The van der Waals surface area contributed by atoms with Crippen LogP contribution in [0.3, 0.4) is 0 Å². The fraction of sp³-hybridized carbons (Fsp3) is 0.455. The predicted molar refractivity (Wildman–Crippen MR) is 116 cm³/mol. The van der Waals surface area contributed by atoms with Crippen LogP contribution in [0.25, 0.3) is 0 Å². The number of hydrogen-bond donors (Lipinski definition) is 2. The first-order valence-electron chi connectivity index (χ1n) is 10.5. The van der Waals surface area contributed by atoms with Crippen LogP contribution >= 0.6 is 11.6 Å². The van der Waals surface area contributed by atoms with Gasteiger partial charge in [-0.1, -0.05) is 42.6 Å². The summed E-state index contributed by atoms with van der Waals surface area (Å²) < 4.78 is 1.46. The number of fused-ring (bicyclic) bond motifs is 1. The second-order valence-electron chi connectivity index (χ2n) is 8.44. The highest BCUT2D eigenvalue weighted by molar-refractivity contribution is 6.31. The minimum atomic E-state index is -1.08. The largest absolute Gasteiger partial charge is 0.351 e. The van der Waals surface area contributed by atoms with Gasteiger partial charge < -0.3 is 15.5 Å². The van der Waals surface area contributed by atoms with Crippen molar-refractivity contribution in [3.63, 3.8) is 0 Å². The van der Waals surface area contributed by atoms with Crippen LogP contribution < -0.4 is 10.6 Å². The minimum absolute atomic E-state index is 0.129. The molecule has 164 valence electrons. The number of halogens is 1. The molecule has 2 N–H and O–H groups in total. The monoisotopic (exact) mass is 443 g/mol. The number of carbonyl (C=O) groups excluding carboxylic acids is 3. The van der Waals surface area contributed by atoms with Gasteiger partial charge in [0.25, 0.3) is 11.8 Å². The highest BCUT2D eigenvalue weighted by Crippen LogP contribution is 2.27. The van der Waals surface area contributed by atoms with Crippen molar-refractivity contribution in [3.05, 3.63) is 52.3 Å². The maximum Gasteiger partial charge on any atom is 0.272 e. The summed E-state index contributed by atoms with van der Waals surface area (Å²) in [4.78, 5) is 40.1. The van der Waals surface area contributed by atoms with Gasteiger partial charge in [-0.05, 0) is 31.4 Å². The lowest BCUT2D eigenvalue weighted by molar-refractivity contribution is -0.133. The zero-order valence-corrected chi connectivity index (χ0v) is 18.4. The number of nitrogens with zero attached hydrogens (tertiary/aromatic N) is 3. The number of nitrogens with one attached hydrogen (secondary N) is 2. The van der Waals surface area contributed by atoms with Crippen molar-refractivity contribution in [2.45, 2.75) is 57.3 Å². The first-order chi connectivity index (χ1) is 14.8. The lowest BCUT2D eigenvalue weighted by Crippen LogP contribution is -2.63. The van der Waals surface area contributed by atoms with Gasteiger partial charge in [-0.15, -0.1) is 0 Å². The third-order valence-corrected chi connectivity index (χ3v) is 6.68. The lowest BCUT2D eigenvalue weighted by Gasteiger charge is -2.41. The van der Waals surface area contributed by atoms with Crippen molar-refractivity contribution < 1.29 is 14.4 Å². The minimum Gasteiger partial charge on any atom is -0.351 e. The molecule has 1 aliphatic heterocycles. The molecule has 1 saturated carbocycles. The Labute approximate surface area is 185 Å². The summed E-state index contributed by atoms with van der Waals surface area (Å²) in [6.45, 7) is 2.16. The molecule has 2 aromatic rings. The van der Waals surface area contributed by atoms with Crippen LogP contribution in [0.15, 0.2) is 30.3 Å². The second-order valence-corrected chi connectivity index (χ2v) is 8.85. The molecule has 0 spiro atoms. The summed E-state index contributed by atoms with van der Waals surface area (Å²) in [5, 5.41) is 10.7. The maximum absolute atomic E-state index is 13.0. The second kappa shape index (κ2) is 8.34. The Morgan fingerprint density at radius 1 is 1.26 bits per heavy atom. The highest BCUT2D eigenvalue weighted by Gasteiger charge is 2.46. The van der Waals surface area contributed by atoms with Gasteiger partial charge >= 0.3 is 0 Å². The molecule has 0 radical (unpaired) electrons. The van der Waals surface area contributed by atoms with E-state index < -0.39 is 11.4 Å². The number of benzene rings is 1. The molecule has 1 atom stereocenters. The van der Waals surface area contributed by atoms with E-state index in [4.69, 9.17) is 11.6 Å². The fourth-order valence-electron chi connectivity index (χ4n) is 4.16. The molecule has 0 saturated heterocycles. The number of hydrogen-bond acceptors (Lipinski definition) is 4. The van der Waals surface area contributed by atoms with E-state index in [-0.39, 0.29) is 42.3 Å². The Kier molecular flexibility index (Phi) is 5.75. The molecule has 3 amide bonds. The number of likely N-dealkylation sites (N-methyl/N-ethyl adjacent to an activating group) is 1. The zero-order chi connectivity index (χ0) is 22.2. The predicted octanol–water partition coefficient (Wildman–Crippen LogP) is 2.37. The summed E-state index contributed by atoms with van der Waals surface area (Å²) >= 11 is 6.13. The first kappa shape index (κ1) is 21.4. The molecular weight excluding hydrogens is 418 g/mol. The average Bonchev–Trinajstić information content (AvgIpc) is 3.41. The standard InChI is InChI=1S/C22H26ClN5O3/c1-22(21(31)25-15-8-4-5-9-15)13-28-18(20(30)27(22)2)11-17(26-28)19(29)24-12-14-7-3-6-10-16(14)23/h3,6-7,10-11,15H,4-5,8-9,12-13H2,1-2H3,(H,24,29)(H,25,31)/t22-/m0/s1. The molecular formula is C22H26ClN5O3. The fourth-order valence-corrected chi connectivity index (χ4v) is 4.36. The number of aromatic nitrogens is 2. The van der Waals surface area contributed by atoms with Crippen LogP contribution in [0.4, 0.5) is 0 Å². The van der Waals surface area contributed by atoms with Gasteiger partial charge in [-0.3, -0.25) is 19.1 Å². The van der Waals surface area contributed by atoms with E-state index in [1.807, 2.05) is 18.2 Å². The van der Waals surface area contributed by atoms with Crippen LogP contribution in [0.1, 0.15) is 59.1 Å². The van der Waals surface area contributed by atoms with Gasteiger partial charge in [0, 0.05) is 30.7 Å². The number of amides is 3. The van der Waals surface area contributed by atoms with Gasteiger partial charge in [-0.25, -0.2) is 0 Å². The Bertz CT molecular complexity index is 1030. The van der Waals surface area contributed by atoms with Crippen molar-refractivity contribution in [2.75, 3.05) is 7.05 Å². The summed E-state index contributed by atoms with van der Waals surface area (Å²) in [5.41, 5.74) is 0.124. The van der Waals surface area contributed by atoms with Gasteiger partial charge in [-0.2, -0.15) is 5.10 Å². The SMILES string of the molecule is CN1C(=O)c2cc(C(=O)NCc3ccccc3Cl)nn2C[C@@]1(C)C(=O)NC1CCCC1. The van der Waals surface area contributed by atoms with Crippen LogP contribution in [-0.4, -0.2) is 51.0 Å².